The first-order valence-corrected chi connectivity index (χ1v) is 10.2. The monoisotopic (exact) mass is 378 g/mol. The Morgan fingerprint density at radius 3 is 2.88 bits per heavy atom. The third kappa shape index (κ3) is 4.31. The van der Waals surface area contributed by atoms with E-state index in [1.54, 1.807) is 29.8 Å². The number of hydrogen-bond donors (Lipinski definition) is 0. The van der Waals surface area contributed by atoms with E-state index < -0.39 is 15.8 Å². The second-order valence-corrected chi connectivity index (χ2v) is 8.50. The molecule has 25 heavy (non-hydrogen) atoms. The van der Waals surface area contributed by atoms with Crippen LogP contribution in [-0.2, 0) is 26.9 Å². The van der Waals surface area contributed by atoms with Crippen LogP contribution >= 0.6 is 11.3 Å². The molecule has 9 heteroatoms. The van der Waals surface area contributed by atoms with Gasteiger partial charge in [0.1, 0.15) is 6.61 Å². The minimum absolute atomic E-state index is 0.140. The molecule has 2 heterocycles. The molecular formula is C16H14N2O5S2. The number of rotatable bonds is 5. The number of carbonyl (C=O) groups is 1. The average Bonchev–Trinajstić information content (AvgIpc) is 3.00. The molecule has 2 aromatic heterocycles. The van der Waals surface area contributed by atoms with Crippen molar-refractivity contribution >= 4 is 32.1 Å². The van der Waals surface area contributed by atoms with Crippen LogP contribution in [0.15, 0.2) is 46.7 Å². The van der Waals surface area contributed by atoms with Crippen molar-refractivity contribution in [3.8, 4) is 0 Å². The number of esters is 1. The van der Waals surface area contributed by atoms with E-state index in [0.29, 0.717) is 16.2 Å². The van der Waals surface area contributed by atoms with Gasteiger partial charge in [-0.15, -0.1) is 11.3 Å². The van der Waals surface area contributed by atoms with E-state index in [9.17, 15) is 18.0 Å². The Hall–Kier alpha value is -2.52. The van der Waals surface area contributed by atoms with E-state index in [-0.39, 0.29) is 23.5 Å². The summed E-state index contributed by atoms with van der Waals surface area (Å²) in [5.41, 5.74) is 0.865. The molecule has 130 valence electrons. The van der Waals surface area contributed by atoms with Gasteiger partial charge in [0.05, 0.1) is 17.0 Å². The zero-order valence-electron chi connectivity index (χ0n) is 13.2. The summed E-state index contributed by atoms with van der Waals surface area (Å²) >= 11 is 1.31. The first-order chi connectivity index (χ1) is 11.8. The summed E-state index contributed by atoms with van der Waals surface area (Å²) in [6.07, 6.45) is 2.75. The molecule has 0 saturated carbocycles. The predicted molar refractivity (Wildman–Crippen MR) is 93.4 cm³/mol. The van der Waals surface area contributed by atoms with E-state index in [1.165, 1.54) is 27.9 Å². The molecule has 0 aliphatic carbocycles. The molecule has 7 nitrogen and oxygen atoms in total. The highest BCUT2D eigenvalue weighted by Crippen LogP contribution is 2.12. The number of fused-ring (bicyclic) bond motifs is 1. The van der Waals surface area contributed by atoms with Gasteiger partial charge in [-0.3, -0.25) is 9.20 Å². The molecule has 0 amide bonds. The molecule has 0 saturated heterocycles. The van der Waals surface area contributed by atoms with Crippen molar-refractivity contribution < 1.29 is 17.9 Å². The van der Waals surface area contributed by atoms with Crippen molar-refractivity contribution in [3.05, 3.63) is 69.1 Å². The Morgan fingerprint density at radius 2 is 2.12 bits per heavy atom. The summed E-state index contributed by atoms with van der Waals surface area (Å²) in [6, 6.07) is 7.56. The summed E-state index contributed by atoms with van der Waals surface area (Å²) in [5, 5.41) is 1.74. The van der Waals surface area contributed by atoms with Crippen LogP contribution < -0.4 is 5.56 Å². The Morgan fingerprint density at radius 1 is 1.32 bits per heavy atom. The lowest BCUT2D eigenvalue weighted by molar-refractivity contribution is 0.0467. The van der Waals surface area contributed by atoms with Gasteiger partial charge in [-0.25, -0.2) is 18.2 Å². The van der Waals surface area contributed by atoms with E-state index in [2.05, 4.69) is 4.98 Å². The summed E-state index contributed by atoms with van der Waals surface area (Å²) in [5.74, 6) is -0.759. The van der Waals surface area contributed by atoms with Gasteiger partial charge in [-0.2, -0.15) is 0 Å². The van der Waals surface area contributed by atoms with Crippen LogP contribution in [0.2, 0.25) is 0 Å². The molecule has 0 unspecified atom stereocenters. The highest BCUT2D eigenvalue weighted by atomic mass is 32.2. The molecule has 0 atom stereocenters. The quantitative estimate of drug-likeness (QED) is 0.627. The number of hydrogen-bond acceptors (Lipinski definition) is 7. The topological polar surface area (TPSA) is 94.8 Å². The SMILES string of the molecule is CS(=O)(=O)Cc1cccc(C(=O)OCc2cc(=O)n3ccsc3n2)c1. The minimum Gasteiger partial charge on any atom is -0.456 e. The normalized spacial score (nSPS) is 11.6. The van der Waals surface area contributed by atoms with Gasteiger partial charge >= 0.3 is 5.97 Å². The van der Waals surface area contributed by atoms with Gasteiger partial charge in [0.25, 0.3) is 5.56 Å². The van der Waals surface area contributed by atoms with Crippen molar-refractivity contribution in [1.29, 1.82) is 0 Å². The third-order valence-corrected chi connectivity index (χ3v) is 4.91. The molecule has 3 rings (SSSR count). The van der Waals surface area contributed by atoms with Crippen molar-refractivity contribution in [2.24, 2.45) is 0 Å². The highest BCUT2D eigenvalue weighted by molar-refractivity contribution is 7.89. The highest BCUT2D eigenvalue weighted by Gasteiger charge is 2.12. The first-order valence-electron chi connectivity index (χ1n) is 7.21. The average molecular weight is 378 g/mol. The zero-order valence-corrected chi connectivity index (χ0v) is 14.8. The van der Waals surface area contributed by atoms with E-state index >= 15 is 0 Å². The molecular weight excluding hydrogens is 364 g/mol. The lowest BCUT2D eigenvalue weighted by atomic mass is 10.1. The Labute approximate surface area is 147 Å². The summed E-state index contributed by atoms with van der Waals surface area (Å²) in [6.45, 7) is -0.140. The fourth-order valence-corrected chi connectivity index (χ4v) is 3.80. The Balaban J connectivity index is 1.73. The van der Waals surface area contributed by atoms with Gasteiger partial charge in [-0.1, -0.05) is 12.1 Å². The molecule has 3 aromatic rings. The third-order valence-electron chi connectivity index (χ3n) is 3.30. The van der Waals surface area contributed by atoms with Crippen LogP contribution in [0.25, 0.3) is 4.96 Å². The largest absolute Gasteiger partial charge is 0.456 e. The minimum atomic E-state index is -3.19. The molecule has 0 bridgehead atoms. The van der Waals surface area contributed by atoms with E-state index in [0.717, 1.165) is 6.26 Å². The van der Waals surface area contributed by atoms with Crippen molar-refractivity contribution in [2.45, 2.75) is 12.4 Å². The van der Waals surface area contributed by atoms with E-state index in [1.807, 2.05) is 0 Å². The number of benzene rings is 1. The maximum absolute atomic E-state index is 12.2. The number of aromatic nitrogens is 2. The smallest absolute Gasteiger partial charge is 0.338 e. The molecule has 0 radical (unpaired) electrons. The fourth-order valence-electron chi connectivity index (χ4n) is 2.28. The van der Waals surface area contributed by atoms with Crippen LogP contribution in [0.1, 0.15) is 21.6 Å². The molecule has 0 fully saturated rings. The zero-order chi connectivity index (χ0) is 18.0. The van der Waals surface area contributed by atoms with Gasteiger partial charge in [0.2, 0.25) is 0 Å². The lowest BCUT2D eigenvalue weighted by Gasteiger charge is -2.06. The van der Waals surface area contributed by atoms with Gasteiger partial charge in [-0.05, 0) is 17.7 Å². The number of sulfone groups is 1. The van der Waals surface area contributed by atoms with Crippen molar-refractivity contribution in [3.63, 3.8) is 0 Å². The summed E-state index contributed by atoms with van der Waals surface area (Å²) < 4.78 is 29.3. The molecule has 0 spiro atoms. The van der Waals surface area contributed by atoms with Crippen LogP contribution in [0, 0.1) is 0 Å². The van der Waals surface area contributed by atoms with Crippen LogP contribution in [0.5, 0.6) is 0 Å². The Bertz CT molecular complexity index is 1100. The predicted octanol–water partition coefficient (Wildman–Crippen LogP) is 1.66. The molecule has 0 N–H and O–H groups in total. The summed E-state index contributed by atoms with van der Waals surface area (Å²) in [7, 11) is -3.19. The first kappa shape index (κ1) is 17.3. The van der Waals surface area contributed by atoms with Crippen molar-refractivity contribution in [1.82, 2.24) is 9.38 Å². The fraction of sp³-hybridized carbons (Fsp3) is 0.188. The van der Waals surface area contributed by atoms with Gasteiger partial charge in [0.15, 0.2) is 14.8 Å². The van der Waals surface area contributed by atoms with Gasteiger partial charge in [0, 0.05) is 23.9 Å². The molecule has 0 aliphatic heterocycles. The second kappa shape index (κ2) is 6.77. The standard InChI is InChI=1S/C16H14N2O5S2/c1-25(21,22)10-11-3-2-4-12(7-11)15(20)23-9-13-8-14(19)18-5-6-24-16(18)17-13/h2-8H,9-10H2,1H3. The molecule has 1 aromatic carbocycles. The maximum atomic E-state index is 12.2. The lowest BCUT2D eigenvalue weighted by Crippen LogP contribution is -2.14. The second-order valence-electron chi connectivity index (χ2n) is 5.49. The van der Waals surface area contributed by atoms with E-state index in [4.69, 9.17) is 4.74 Å². The molecule has 0 aliphatic rings. The number of nitrogens with zero attached hydrogens (tertiary/aromatic N) is 2. The number of thiazole rings is 1. The number of ether oxygens (including phenoxy) is 1. The van der Waals surface area contributed by atoms with Gasteiger partial charge < -0.3 is 4.74 Å². The number of carbonyl (C=O) groups excluding carboxylic acids is 1. The Kier molecular flexibility index (Phi) is 4.69. The maximum Gasteiger partial charge on any atom is 0.338 e. The summed E-state index contributed by atoms with van der Waals surface area (Å²) in [4.78, 5) is 28.8. The van der Waals surface area contributed by atoms with Crippen molar-refractivity contribution in [2.75, 3.05) is 6.26 Å². The van der Waals surface area contributed by atoms with Crippen LogP contribution in [0.3, 0.4) is 0 Å². The van der Waals surface area contributed by atoms with Crippen LogP contribution in [-0.4, -0.2) is 30.0 Å². The van der Waals surface area contributed by atoms with Crippen LogP contribution in [0.4, 0.5) is 0 Å².